The number of anilines is 2. The van der Waals surface area contributed by atoms with Crippen LogP contribution in [0.5, 0.6) is 0 Å². The Bertz CT molecular complexity index is 862. The molecule has 3 N–H and O–H groups in total. The summed E-state index contributed by atoms with van der Waals surface area (Å²) in [5.74, 6) is 1.06. The standard InChI is InChI=1S/C15H16BrN5O/c1-8-7-21(5-4-18-8)14-13-12(19-15(17)20-14)10-6-9(16)2-3-11(10)22-13/h2-3,6,8,18H,4-5,7H2,1H3,(H2,17,19,20)/t8-/m0/s1. The molecule has 0 bridgehead atoms. The summed E-state index contributed by atoms with van der Waals surface area (Å²) in [4.78, 5) is 11.0. The molecule has 0 saturated carbocycles. The van der Waals surface area contributed by atoms with Gasteiger partial charge in [-0.05, 0) is 25.1 Å². The van der Waals surface area contributed by atoms with Crippen LogP contribution >= 0.6 is 15.9 Å². The minimum absolute atomic E-state index is 0.274. The van der Waals surface area contributed by atoms with E-state index in [0.717, 1.165) is 46.4 Å². The number of aromatic nitrogens is 2. The predicted molar refractivity (Wildman–Crippen MR) is 91.1 cm³/mol. The summed E-state index contributed by atoms with van der Waals surface area (Å²) in [6.45, 7) is 4.81. The van der Waals surface area contributed by atoms with Crippen LogP contribution in [0, 0.1) is 0 Å². The van der Waals surface area contributed by atoms with Gasteiger partial charge in [-0.3, -0.25) is 0 Å². The Morgan fingerprint density at radius 2 is 2.27 bits per heavy atom. The minimum Gasteiger partial charge on any atom is -0.450 e. The highest BCUT2D eigenvalue weighted by Gasteiger charge is 2.23. The molecule has 0 spiro atoms. The van der Waals surface area contributed by atoms with Gasteiger partial charge in [0.1, 0.15) is 11.1 Å². The number of furan rings is 1. The highest BCUT2D eigenvalue weighted by molar-refractivity contribution is 9.10. The number of rotatable bonds is 1. The third kappa shape index (κ3) is 2.21. The smallest absolute Gasteiger partial charge is 0.222 e. The zero-order valence-corrected chi connectivity index (χ0v) is 13.7. The summed E-state index contributed by atoms with van der Waals surface area (Å²) in [5.41, 5.74) is 8.20. The Morgan fingerprint density at radius 1 is 1.41 bits per heavy atom. The van der Waals surface area contributed by atoms with Gasteiger partial charge in [-0.2, -0.15) is 4.98 Å². The van der Waals surface area contributed by atoms with E-state index in [2.05, 4.69) is 43.0 Å². The van der Waals surface area contributed by atoms with Gasteiger partial charge in [0, 0.05) is 35.5 Å². The molecule has 0 aliphatic carbocycles. The van der Waals surface area contributed by atoms with Gasteiger partial charge in [-0.1, -0.05) is 15.9 Å². The van der Waals surface area contributed by atoms with Crippen LogP contribution in [-0.4, -0.2) is 35.6 Å². The zero-order chi connectivity index (χ0) is 15.3. The molecule has 3 heterocycles. The highest BCUT2D eigenvalue weighted by atomic mass is 79.9. The van der Waals surface area contributed by atoms with Crippen LogP contribution in [0.4, 0.5) is 11.8 Å². The Labute approximate surface area is 135 Å². The van der Waals surface area contributed by atoms with Crippen molar-refractivity contribution in [3.8, 4) is 0 Å². The van der Waals surface area contributed by atoms with Crippen molar-refractivity contribution in [2.75, 3.05) is 30.3 Å². The maximum absolute atomic E-state index is 6.02. The monoisotopic (exact) mass is 361 g/mol. The number of nitrogens with zero attached hydrogens (tertiary/aromatic N) is 3. The maximum Gasteiger partial charge on any atom is 0.222 e. The number of nitrogens with two attached hydrogens (primary N) is 1. The first-order chi connectivity index (χ1) is 10.6. The van der Waals surface area contributed by atoms with Gasteiger partial charge in [0.05, 0.1) is 0 Å². The van der Waals surface area contributed by atoms with Crippen molar-refractivity contribution in [3.63, 3.8) is 0 Å². The molecule has 2 aromatic heterocycles. The molecule has 1 fully saturated rings. The first-order valence-electron chi connectivity index (χ1n) is 7.25. The van der Waals surface area contributed by atoms with Crippen molar-refractivity contribution in [3.05, 3.63) is 22.7 Å². The lowest BCUT2D eigenvalue weighted by Crippen LogP contribution is -2.49. The molecule has 0 amide bonds. The fourth-order valence-corrected chi connectivity index (χ4v) is 3.32. The van der Waals surface area contributed by atoms with E-state index in [9.17, 15) is 0 Å². The van der Waals surface area contributed by atoms with Crippen LogP contribution in [0.15, 0.2) is 27.1 Å². The molecular weight excluding hydrogens is 346 g/mol. The third-order valence-corrected chi connectivity index (χ3v) is 4.44. The number of nitrogens with one attached hydrogen (secondary N) is 1. The van der Waals surface area contributed by atoms with Crippen LogP contribution in [0.2, 0.25) is 0 Å². The van der Waals surface area contributed by atoms with Crippen molar-refractivity contribution >= 4 is 49.8 Å². The summed E-state index contributed by atoms with van der Waals surface area (Å²) >= 11 is 3.49. The zero-order valence-electron chi connectivity index (χ0n) is 12.1. The average Bonchev–Trinajstić information content (AvgIpc) is 2.84. The lowest BCUT2D eigenvalue weighted by molar-refractivity contribution is 0.481. The van der Waals surface area contributed by atoms with Gasteiger partial charge in [0.25, 0.3) is 0 Å². The second-order valence-electron chi connectivity index (χ2n) is 5.63. The number of hydrogen-bond donors (Lipinski definition) is 2. The Kier molecular flexibility index (Phi) is 3.19. The Morgan fingerprint density at radius 3 is 3.09 bits per heavy atom. The van der Waals surface area contributed by atoms with E-state index in [1.165, 1.54) is 0 Å². The van der Waals surface area contributed by atoms with E-state index < -0.39 is 0 Å². The molecular formula is C15H16BrN5O. The highest BCUT2D eigenvalue weighted by Crippen LogP contribution is 2.35. The van der Waals surface area contributed by atoms with Crippen molar-refractivity contribution in [2.45, 2.75) is 13.0 Å². The molecule has 1 aromatic carbocycles. The van der Waals surface area contributed by atoms with E-state index in [-0.39, 0.29) is 5.95 Å². The quantitative estimate of drug-likeness (QED) is 0.693. The number of piperazine rings is 1. The average molecular weight is 362 g/mol. The normalized spacial score (nSPS) is 19.2. The molecule has 114 valence electrons. The van der Waals surface area contributed by atoms with E-state index >= 15 is 0 Å². The summed E-state index contributed by atoms with van der Waals surface area (Å²) in [6.07, 6.45) is 0. The fraction of sp³-hybridized carbons (Fsp3) is 0.333. The van der Waals surface area contributed by atoms with Crippen molar-refractivity contribution in [1.29, 1.82) is 0 Å². The molecule has 7 heteroatoms. The van der Waals surface area contributed by atoms with Crippen LogP contribution in [0.25, 0.3) is 22.1 Å². The van der Waals surface area contributed by atoms with Gasteiger partial charge >= 0.3 is 0 Å². The Balaban J connectivity index is 1.96. The molecule has 22 heavy (non-hydrogen) atoms. The van der Waals surface area contributed by atoms with Gasteiger partial charge in [-0.25, -0.2) is 4.98 Å². The van der Waals surface area contributed by atoms with Crippen molar-refractivity contribution in [2.24, 2.45) is 0 Å². The molecule has 1 aliphatic heterocycles. The minimum atomic E-state index is 0.274. The van der Waals surface area contributed by atoms with Crippen molar-refractivity contribution < 1.29 is 4.42 Å². The summed E-state index contributed by atoms with van der Waals surface area (Å²) < 4.78 is 7.00. The van der Waals surface area contributed by atoms with Crippen LogP contribution in [-0.2, 0) is 0 Å². The van der Waals surface area contributed by atoms with Gasteiger partial charge in [0.15, 0.2) is 11.4 Å². The second kappa shape index (κ2) is 5.10. The summed E-state index contributed by atoms with van der Waals surface area (Å²) in [5, 5.41) is 4.37. The topological polar surface area (TPSA) is 80.2 Å². The number of benzene rings is 1. The largest absolute Gasteiger partial charge is 0.450 e. The van der Waals surface area contributed by atoms with E-state index in [4.69, 9.17) is 10.2 Å². The van der Waals surface area contributed by atoms with E-state index in [1.54, 1.807) is 0 Å². The lowest BCUT2D eigenvalue weighted by atomic mass is 10.2. The second-order valence-corrected chi connectivity index (χ2v) is 6.54. The SMILES string of the molecule is C[C@H]1CN(c2nc(N)nc3c2oc2ccc(Br)cc23)CCN1. The molecule has 4 rings (SSSR count). The number of halogens is 1. The molecule has 3 aromatic rings. The first kappa shape index (κ1) is 13.8. The van der Waals surface area contributed by atoms with E-state index in [1.807, 2.05) is 18.2 Å². The van der Waals surface area contributed by atoms with Crippen LogP contribution < -0.4 is 16.0 Å². The maximum atomic E-state index is 6.02. The van der Waals surface area contributed by atoms with Gasteiger partial charge < -0.3 is 20.4 Å². The molecule has 1 aliphatic rings. The molecule has 6 nitrogen and oxygen atoms in total. The summed E-state index contributed by atoms with van der Waals surface area (Å²) in [7, 11) is 0. The van der Waals surface area contributed by atoms with Gasteiger partial charge in [-0.15, -0.1) is 0 Å². The molecule has 1 saturated heterocycles. The third-order valence-electron chi connectivity index (χ3n) is 3.94. The Hall–Kier alpha value is -1.86. The fourth-order valence-electron chi connectivity index (χ4n) is 2.96. The van der Waals surface area contributed by atoms with Gasteiger partial charge in [0.2, 0.25) is 5.95 Å². The van der Waals surface area contributed by atoms with Crippen molar-refractivity contribution in [1.82, 2.24) is 15.3 Å². The molecule has 0 radical (unpaired) electrons. The number of fused-ring (bicyclic) bond motifs is 3. The predicted octanol–water partition coefficient (Wildman–Crippen LogP) is 2.52. The van der Waals surface area contributed by atoms with Crippen LogP contribution in [0.1, 0.15) is 6.92 Å². The number of nitrogen functional groups attached to an aromatic ring is 1. The lowest BCUT2D eigenvalue weighted by Gasteiger charge is -2.32. The molecule has 1 atom stereocenters. The summed E-state index contributed by atoms with van der Waals surface area (Å²) in [6, 6.07) is 6.28. The number of hydrogen-bond acceptors (Lipinski definition) is 6. The van der Waals surface area contributed by atoms with E-state index in [0.29, 0.717) is 11.6 Å². The molecule has 0 unspecified atom stereocenters. The van der Waals surface area contributed by atoms with Crippen LogP contribution in [0.3, 0.4) is 0 Å². The first-order valence-corrected chi connectivity index (χ1v) is 8.05.